The highest BCUT2D eigenvalue weighted by Crippen LogP contribution is 2.26. The number of hydrogen-bond acceptors (Lipinski definition) is 3. The molecule has 0 bridgehead atoms. The normalized spacial score (nSPS) is 12.0. The van der Waals surface area contributed by atoms with Gasteiger partial charge in [-0.25, -0.2) is 8.42 Å². The van der Waals surface area contributed by atoms with E-state index < -0.39 is 15.6 Å². The van der Waals surface area contributed by atoms with Gasteiger partial charge in [-0.3, -0.25) is 4.79 Å². The summed E-state index contributed by atoms with van der Waals surface area (Å²) >= 11 is 9.21. The third kappa shape index (κ3) is 4.56. The van der Waals surface area contributed by atoms with Crippen LogP contribution in [-0.4, -0.2) is 14.2 Å². The zero-order valence-corrected chi connectivity index (χ0v) is 17.1. The van der Waals surface area contributed by atoms with Crippen molar-refractivity contribution in [2.45, 2.75) is 4.90 Å². The van der Waals surface area contributed by atoms with Crippen LogP contribution < -0.4 is 0 Å². The molecule has 0 aliphatic carbocycles. The smallest absolute Gasteiger partial charge is 0.210 e. The monoisotopic (exact) mass is 460 g/mol. The first kappa shape index (κ1) is 19.5. The van der Waals surface area contributed by atoms with Crippen molar-refractivity contribution in [2.24, 2.45) is 0 Å². The molecule has 3 aromatic carbocycles. The second-order valence-corrected chi connectivity index (χ2v) is 8.98. The third-order valence-corrected chi connectivity index (χ3v) is 6.40. The molecule has 136 valence electrons. The second-order valence-electron chi connectivity index (χ2n) is 5.71. The summed E-state index contributed by atoms with van der Waals surface area (Å²) in [7, 11) is -4.03. The molecule has 0 radical (unpaired) electrons. The van der Waals surface area contributed by atoms with Crippen LogP contribution in [-0.2, 0) is 9.84 Å². The van der Waals surface area contributed by atoms with Gasteiger partial charge in [0.1, 0.15) is 4.91 Å². The fourth-order valence-electron chi connectivity index (χ4n) is 2.45. The highest BCUT2D eigenvalue weighted by molar-refractivity contribution is 9.10. The van der Waals surface area contributed by atoms with E-state index in [1.807, 2.05) is 0 Å². The highest BCUT2D eigenvalue weighted by Gasteiger charge is 2.28. The van der Waals surface area contributed by atoms with Crippen molar-refractivity contribution in [1.29, 1.82) is 0 Å². The molecule has 0 saturated heterocycles. The van der Waals surface area contributed by atoms with E-state index in [1.54, 1.807) is 54.6 Å². The van der Waals surface area contributed by atoms with Crippen LogP contribution in [0.15, 0.2) is 93.1 Å². The van der Waals surface area contributed by atoms with Gasteiger partial charge >= 0.3 is 0 Å². The molecule has 0 spiro atoms. The molecular formula is C21H14BrClO3S. The molecule has 6 heteroatoms. The summed E-state index contributed by atoms with van der Waals surface area (Å²) in [5.41, 5.74) is 0.911. The molecule has 0 aliphatic heterocycles. The molecule has 27 heavy (non-hydrogen) atoms. The van der Waals surface area contributed by atoms with E-state index in [2.05, 4.69) is 15.9 Å². The number of allylic oxidation sites excluding steroid dienone is 1. The standard InChI is InChI=1S/C21H14BrClO3S/c22-17-8-6-15(7-9-17)14-20(21(24)16-4-2-1-3-5-16)27(25,26)19-12-10-18(23)11-13-19/h1-14H. The zero-order valence-electron chi connectivity index (χ0n) is 14.0. The number of sulfone groups is 1. The van der Waals surface area contributed by atoms with Gasteiger partial charge in [0, 0.05) is 15.1 Å². The van der Waals surface area contributed by atoms with Gasteiger partial charge in [-0.1, -0.05) is 70.0 Å². The number of benzene rings is 3. The zero-order chi connectivity index (χ0) is 19.4. The summed E-state index contributed by atoms with van der Waals surface area (Å²) in [6.45, 7) is 0. The molecule has 0 heterocycles. The van der Waals surface area contributed by atoms with Gasteiger partial charge in [-0.2, -0.15) is 0 Å². The average Bonchev–Trinajstić information content (AvgIpc) is 2.68. The van der Waals surface area contributed by atoms with E-state index in [0.29, 0.717) is 16.1 Å². The highest BCUT2D eigenvalue weighted by atomic mass is 79.9. The van der Waals surface area contributed by atoms with Crippen LogP contribution in [0.5, 0.6) is 0 Å². The summed E-state index contributed by atoms with van der Waals surface area (Å²) in [4.78, 5) is 12.7. The molecule has 0 aliphatic rings. The fraction of sp³-hybridized carbons (Fsp3) is 0. The summed E-state index contributed by atoms with van der Waals surface area (Å²) in [5.74, 6) is -0.562. The molecule has 3 aromatic rings. The van der Waals surface area contributed by atoms with Gasteiger partial charge in [0.25, 0.3) is 0 Å². The number of ketones is 1. The van der Waals surface area contributed by atoms with Crippen molar-refractivity contribution in [3.63, 3.8) is 0 Å². The number of carbonyl (C=O) groups is 1. The lowest BCUT2D eigenvalue weighted by atomic mass is 10.1. The summed E-state index contributed by atoms with van der Waals surface area (Å²) in [6, 6.07) is 21.1. The predicted octanol–water partition coefficient (Wildman–Crippen LogP) is 5.80. The summed E-state index contributed by atoms with van der Waals surface area (Å²) in [6.07, 6.45) is 1.39. The quantitative estimate of drug-likeness (QED) is 0.356. The molecule has 0 saturated carbocycles. The van der Waals surface area contributed by atoms with Crippen molar-refractivity contribution in [3.8, 4) is 0 Å². The third-order valence-electron chi connectivity index (χ3n) is 3.84. The SMILES string of the molecule is O=C(C(=Cc1ccc(Br)cc1)S(=O)(=O)c1ccc(Cl)cc1)c1ccccc1. The Hall–Kier alpha value is -2.21. The minimum Gasteiger partial charge on any atom is -0.288 e. The van der Waals surface area contributed by atoms with Crippen LogP contribution in [0.1, 0.15) is 15.9 Å². The second kappa shape index (κ2) is 8.21. The van der Waals surface area contributed by atoms with Crippen molar-refractivity contribution in [1.82, 2.24) is 0 Å². The molecule has 0 fully saturated rings. The number of rotatable bonds is 5. The Morgan fingerprint density at radius 3 is 2.04 bits per heavy atom. The first-order valence-corrected chi connectivity index (χ1v) is 10.6. The lowest BCUT2D eigenvalue weighted by molar-refractivity contribution is 0.104. The first-order valence-electron chi connectivity index (χ1n) is 7.95. The van der Waals surface area contributed by atoms with Crippen LogP contribution in [0, 0.1) is 0 Å². The summed E-state index contributed by atoms with van der Waals surface area (Å²) in [5, 5.41) is 0.418. The van der Waals surface area contributed by atoms with E-state index in [1.165, 1.54) is 30.3 Å². The molecule has 0 aromatic heterocycles. The molecule has 0 atom stereocenters. The number of Topliss-reactive ketones (excluding diaryl/α,β-unsaturated/α-hetero) is 1. The van der Waals surface area contributed by atoms with E-state index in [-0.39, 0.29) is 9.80 Å². The topological polar surface area (TPSA) is 51.2 Å². The maximum atomic E-state index is 13.2. The minimum atomic E-state index is -4.03. The minimum absolute atomic E-state index is 0.0135. The maximum absolute atomic E-state index is 13.2. The molecule has 0 unspecified atom stereocenters. The average molecular weight is 462 g/mol. The number of halogens is 2. The lowest BCUT2D eigenvalue weighted by Gasteiger charge is -2.10. The van der Waals surface area contributed by atoms with E-state index in [4.69, 9.17) is 11.6 Å². The van der Waals surface area contributed by atoms with Gasteiger partial charge in [-0.15, -0.1) is 0 Å². The Balaban J connectivity index is 2.16. The molecule has 3 nitrogen and oxygen atoms in total. The largest absolute Gasteiger partial charge is 0.288 e. The predicted molar refractivity (Wildman–Crippen MR) is 112 cm³/mol. The van der Waals surface area contributed by atoms with Crippen LogP contribution >= 0.6 is 27.5 Å². The summed E-state index contributed by atoms with van der Waals surface area (Å²) < 4.78 is 27.2. The van der Waals surface area contributed by atoms with Crippen LogP contribution in [0.4, 0.5) is 0 Å². The van der Waals surface area contributed by atoms with Crippen LogP contribution in [0.25, 0.3) is 6.08 Å². The van der Waals surface area contributed by atoms with E-state index in [0.717, 1.165) is 4.47 Å². The van der Waals surface area contributed by atoms with Crippen molar-refractivity contribution >= 4 is 49.2 Å². The van der Waals surface area contributed by atoms with Crippen molar-refractivity contribution < 1.29 is 13.2 Å². The molecule has 0 N–H and O–H groups in total. The van der Waals surface area contributed by atoms with Gasteiger partial charge in [-0.05, 0) is 48.0 Å². The van der Waals surface area contributed by atoms with E-state index in [9.17, 15) is 13.2 Å². The number of hydrogen-bond donors (Lipinski definition) is 0. The Kier molecular flexibility index (Phi) is 5.95. The van der Waals surface area contributed by atoms with Crippen molar-refractivity contribution in [3.05, 3.63) is 104 Å². The van der Waals surface area contributed by atoms with Crippen LogP contribution in [0.3, 0.4) is 0 Å². The van der Waals surface area contributed by atoms with Gasteiger partial charge < -0.3 is 0 Å². The Morgan fingerprint density at radius 1 is 0.852 bits per heavy atom. The number of carbonyl (C=O) groups excluding carboxylic acids is 1. The van der Waals surface area contributed by atoms with E-state index >= 15 is 0 Å². The van der Waals surface area contributed by atoms with Crippen LogP contribution in [0.2, 0.25) is 5.02 Å². The maximum Gasteiger partial charge on any atom is 0.210 e. The molecule has 3 rings (SSSR count). The van der Waals surface area contributed by atoms with Gasteiger partial charge in [0.2, 0.25) is 15.6 Å². The molecule has 0 amide bonds. The Labute approximate surface area is 171 Å². The Bertz CT molecular complexity index is 1090. The van der Waals surface area contributed by atoms with Gasteiger partial charge in [0.15, 0.2) is 0 Å². The molecular weight excluding hydrogens is 448 g/mol. The Morgan fingerprint density at radius 2 is 1.44 bits per heavy atom. The lowest BCUT2D eigenvalue weighted by Crippen LogP contribution is -2.14. The fourth-order valence-corrected chi connectivity index (χ4v) is 4.24. The first-order chi connectivity index (χ1) is 12.9. The van der Waals surface area contributed by atoms with Crippen molar-refractivity contribution in [2.75, 3.05) is 0 Å². The van der Waals surface area contributed by atoms with Gasteiger partial charge in [0.05, 0.1) is 4.90 Å².